The van der Waals surface area contributed by atoms with Gasteiger partial charge in [-0.25, -0.2) is 0 Å². The molecule has 1 aromatic rings. The second-order valence-electron chi connectivity index (χ2n) is 9.56. The highest BCUT2D eigenvalue weighted by atomic mass is 16.7. The molecule has 0 unspecified atom stereocenters. The van der Waals surface area contributed by atoms with Crippen LogP contribution in [-0.4, -0.2) is 82.2 Å². The number of benzene rings is 1. The summed E-state index contributed by atoms with van der Waals surface area (Å²) in [5, 5.41) is 10.1. The largest absolute Gasteiger partial charge is 0.394 e. The molecule has 2 aliphatic heterocycles. The van der Waals surface area contributed by atoms with Crippen LogP contribution in [0.4, 0.5) is 0 Å². The highest BCUT2D eigenvalue weighted by Gasteiger charge is 2.52. The third-order valence-electron chi connectivity index (χ3n) is 6.85. The van der Waals surface area contributed by atoms with E-state index >= 15 is 0 Å². The Kier molecular flexibility index (Phi) is 11.2. The maximum atomic E-state index is 10.1. The molecule has 194 valence electrons. The number of methoxy groups -OCH3 is 2. The van der Waals surface area contributed by atoms with E-state index in [9.17, 15) is 5.11 Å². The second kappa shape index (κ2) is 13.8. The van der Waals surface area contributed by atoms with Crippen molar-refractivity contribution >= 4 is 0 Å². The molecule has 0 radical (unpaired) electrons. The molecule has 0 bridgehead atoms. The van der Waals surface area contributed by atoms with Crippen molar-refractivity contribution in [2.75, 3.05) is 41.0 Å². The van der Waals surface area contributed by atoms with Gasteiger partial charge in [0.05, 0.1) is 37.1 Å². The molecule has 1 aromatic carbocycles. The number of fused-ring (bicyclic) bond motifs is 1. The van der Waals surface area contributed by atoms with Crippen LogP contribution in [0.5, 0.6) is 0 Å². The Morgan fingerprint density at radius 1 is 1.06 bits per heavy atom. The van der Waals surface area contributed by atoms with E-state index in [1.165, 1.54) is 5.56 Å². The minimum atomic E-state index is -0.570. The molecule has 7 atom stereocenters. The first-order valence-electron chi connectivity index (χ1n) is 12.3. The summed E-state index contributed by atoms with van der Waals surface area (Å²) in [5.41, 5.74) is 0.612. The van der Waals surface area contributed by atoms with Crippen molar-refractivity contribution in [3.63, 3.8) is 0 Å². The summed E-state index contributed by atoms with van der Waals surface area (Å²) in [6, 6.07) is 10.2. The molecule has 0 spiro atoms. The van der Waals surface area contributed by atoms with Gasteiger partial charge >= 0.3 is 0 Å². The lowest BCUT2D eigenvalue weighted by molar-refractivity contribution is -0.231. The Hall–Kier alpha value is -1.10. The zero-order chi connectivity index (χ0) is 24.4. The van der Waals surface area contributed by atoms with Crippen LogP contribution < -0.4 is 0 Å². The van der Waals surface area contributed by atoms with Crippen LogP contribution in [0.3, 0.4) is 0 Å². The molecule has 8 heteroatoms. The van der Waals surface area contributed by atoms with Crippen LogP contribution >= 0.6 is 0 Å². The molecular formula is C26H42O8. The number of ether oxygens (including phenoxy) is 7. The number of aliphatic hydroxyl groups excluding tert-OH is 1. The van der Waals surface area contributed by atoms with Gasteiger partial charge in [0.2, 0.25) is 0 Å². The molecule has 1 N–H and O–H groups in total. The summed E-state index contributed by atoms with van der Waals surface area (Å²) < 4.78 is 41.1. The zero-order valence-corrected chi connectivity index (χ0v) is 21.0. The van der Waals surface area contributed by atoms with Crippen molar-refractivity contribution in [1.29, 1.82) is 0 Å². The Morgan fingerprint density at radius 3 is 2.50 bits per heavy atom. The number of aliphatic hydroxyl groups is 1. The molecule has 2 fully saturated rings. The molecule has 3 rings (SSSR count). The highest BCUT2D eigenvalue weighted by molar-refractivity contribution is 5.13. The van der Waals surface area contributed by atoms with E-state index in [0.717, 1.165) is 19.3 Å². The first-order valence-corrected chi connectivity index (χ1v) is 12.3. The van der Waals surface area contributed by atoms with E-state index in [4.69, 9.17) is 33.2 Å². The Morgan fingerprint density at radius 2 is 1.79 bits per heavy atom. The first-order chi connectivity index (χ1) is 16.5. The third kappa shape index (κ3) is 7.45. The topological polar surface area (TPSA) is 84.8 Å². The highest BCUT2D eigenvalue weighted by Crippen LogP contribution is 2.43. The van der Waals surface area contributed by atoms with Gasteiger partial charge in [-0.05, 0) is 37.7 Å². The van der Waals surface area contributed by atoms with E-state index in [1.807, 2.05) is 18.2 Å². The number of rotatable bonds is 13. The SMILES string of the molecule is COCO[C@H]1[C@@H](OCOC)C[C@@]2(C)O[C@@H](CCCOCc3ccccc3)[C@@H](C)C[C@@H]2O[C@@H]1CO. The molecule has 0 saturated carbocycles. The van der Waals surface area contributed by atoms with E-state index in [1.54, 1.807) is 14.2 Å². The summed E-state index contributed by atoms with van der Waals surface area (Å²) in [7, 11) is 3.15. The number of hydrogen-bond acceptors (Lipinski definition) is 8. The molecule has 0 aromatic heterocycles. The van der Waals surface area contributed by atoms with Gasteiger partial charge in [0.15, 0.2) is 0 Å². The summed E-state index contributed by atoms with van der Waals surface area (Å²) in [5.74, 6) is 0.321. The Bertz CT molecular complexity index is 689. The summed E-state index contributed by atoms with van der Waals surface area (Å²) in [6.45, 7) is 5.63. The lowest BCUT2D eigenvalue weighted by Crippen LogP contribution is -2.54. The van der Waals surface area contributed by atoms with E-state index in [0.29, 0.717) is 25.6 Å². The molecule has 0 amide bonds. The first kappa shape index (κ1) is 27.5. The van der Waals surface area contributed by atoms with Crippen LogP contribution in [0.2, 0.25) is 0 Å². The lowest BCUT2D eigenvalue weighted by Gasteiger charge is -2.47. The predicted octanol–water partition coefficient (Wildman–Crippen LogP) is 3.30. The number of hydrogen-bond donors (Lipinski definition) is 1. The molecular weight excluding hydrogens is 440 g/mol. The fourth-order valence-electron chi connectivity index (χ4n) is 5.01. The van der Waals surface area contributed by atoms with Gasteiger partial charge in [-0.2, -0.15) is 0 Å². The quantitative estimate of drug-likeness (QED) is 0.339. The van der Waals surface area contributed by atoms with E-state index in [2.05, 4.69) is 26.0 Å². The average molecular weight is 483 g/mol. The van der Waals surface area contributed by atoms with Crippen molar-refractivity contribution in [3.8, 4) is 0 Å². The van der Waals surface area contributed by atoms with E-state index < -0.39 is 17.8 Å². The molecule has 2 saturated heterocycles. The van der Waals surface area contributed by atoms with Crippen LogP contribution in [0.1, 0.15) is 45.1 Å². The van der Waals surface area contributed by atoms with E-state index in [-0.39, 0.29) is 38.5 Å². The average Bonchev–Trinajstić information content (AvgIpc) is 2.95. The molecule has 2 aliphatic rings. The monoisotopic (exact) mass is 482 g/mol. The third-order valence-corrected chi connectivity index (χ3v) is 6.85. The van der Waals surface area contributed by atoms with Crippen molar-refractivity contribution < 1.29 is 38.3 Å². The Balaban J connectivity index is 1.60. The van der Waals surface area contributed by atoms with Crippen LogP contribution in [0, 0.1) is 5.92 Å². The molecule has 34 heavy (non-hydrogen) atoms. The van der Waals surface area contributed by atoms with Gasteiger partial charge in [-0.15, -0.1) is 0 Å². The molecule has 0 aliphatic carbocycles. The minimum Gasteiger partial charge on any atom is -0.394 e. The smallest absolute Gasteiger partial charge is 0.146 e. The van der Waals surface area contributed by atoms with Gasteiger partial charge in [0.25, 0.3) is 0 Å². The van der Waals surface area contributed by atoms with Gasteiger partial charge in [-0.3, -0.25) is 0 Å². The fourth-order valence-corrected chi connectivity index (χ4v) is 5.01. The van der Waals surface area contributed by atoms with Crippen molar-refractivity contribution in [1.82, 2.24) is 0 Å². The van der Waals surface area contributed by atoms with Crippen LogP contribution in [0.25, 0.3) is 0 Å². The summed E-state index contributed by atoms with van der Waals surface area (Å²) in [4.78, 5) is 0. The molecule has 2 heterocycles. The van der Waals surface area contributed by atoms with Gasteiger partial charge in [0.1, 0.15) is 25.8 Å². The maximum absolute atomic E-state index is 10.1. The van der Waals surface area contributed by atoms with Gasteiger partial charge in [0, 0.05) is 27.2 Å². The summed E-state index contributed by atoms with van der Waals surface area (Å²) >= 11 is 0. The van der Waals surface area contributed by atoms with Crippen LogP contribution in [0.15, 0.2) is 30.3 Å². The maximum Gasteiger partial charge on any atom is 0.146 e. The Labute approximate surface area is 203 Å². The second-order valence-corrected chi connectivity index (χ2v) is 9.56. The standard InChI is InChI=1S/C26H42O8/c1-19-13-24-26(2,34-21(19)11-8-12-30-16-20-9-6-5-7-10-20)14-22(31-17-28-3)25(32-18-29-4)23(15-27)33-24/h5-7,9-10,19,21-25,27H,8,11-18H2,1-4H3/t19-,21-,22-,23+,24-,25-,26+/m0/s1. The summed E-state index contributed by atoms with van der Waals surface area (Å²) in [6.07, 6.45) is 1.77. The zero-order valence-electron chi connectivity index (χ0n) is 21.0. The van der Waals surface area contributed by atoms with Crippen molar-refractivity contribution in [2.24, 2.45) is 5.92 Å². The van der Waals surface area contributed by atoms with Gasteiger partial charge < -0.3 is 38.3 Å². The minimum absolute atomic E-state index is 0.0849. The van der Waals surface area contributed by atoms with Crippen molar-refractivity contribution in [3.05, 3.63) is 35.9 Å². The van der Waals surface area contributed by atoms with Crippen molar-refractivity contribution in [2.45, 2.75) is 82.3 Å². The lowest BCUT2D eigenvalue weighted by atomic mass is 9.80. The van der Waals surface area contributed by atoms with Crippen LogP contribution in [-0.2, 0) is 39.8 Å². The normalized spacial score (nSPS) is 33.9. The fraction of sp³-hybridized carbons (Fsp3) is 0.769. The predicted molar refractivity (Wildman–Crippen MR) is 126 cm³/mol. The van der Waals surface area contributed by atoms with Gasteiger partial charge in [-0.1, -0.05) is 37.3 Å². The molecule has 8 nitrogen and oxygen atoms in total.